The van der Waals surface area contributed by atoms with Crippen molar-refractivity contribution in [1.82, 2.24) is 14.5 Å². The lowest BCUT2D eigenvalue weighted by molar-refractivity contribution is 0.0715. The quantitative estimate of drug-likeness (QED) is 0.538. The van der Waals surface area contributed by atoms with Gasteiger partial charge in [-0.1, -0.05) is 26.8 Å². The highest BCUT2D eigenvalue weighted by atomic mass is 19.1. The van der Waals surface area contributed by atoms with E-state index in [0.717, 1.165) is 11.9 Å². The molecule has 6 heteroatoms. The third kappa shape index (κ3) is 4.63. The molecule has 4 nitrogen and oxygen atoms in total. The highest BCUT2D eigenvalue weighted by Crippen LogP contribution is 2.21. The summed E-state index contributed by atoms with van der Waals surface area (Å²) in [5, 5.41) is 0. The maximum Gasteiger partial charge on any atom is 0.254 e. The van der Waals surface area contributed by atoms with Gasteiger partial charge in [-0.2, -0.15) is 0 Å². The first-order valence-electron chi connectivity index (χ1n) is 10.00. The predicted octanol–water partition coefficient (Wildman–Crippen LogP) is 5.33. The Labute approximate surface area is 170 Å². The molecule has 154 valence electrons. The minimum absolute atomic E-state index is 0.232. The van der Waals surface area contributed by atoms with Gasteiger partial charge < -0.3 is 9.47 Å². The summed E-state index contributed by atoms with van der Waals surface area (Å²) in [4.78, 5) is 19.5. The Morgan fingerprint density at radius 3 is 2.59 bits per heavy atom. The highest BCUT2D eigenvalue weighted by molar-refractivity contribution is 5.94. The van der Waals surface area contributed by atoms with E-state index < -0.39 is 5.82 Å². The Morgan fingerprint density at radius 1 is 1.17 bits per heavy atom. The van der Waals surface area contributed by atoms with Gasteiger partial charge in [-0.3, -0.25) is 4.79 Å². The second-order valence-electron chi connectivity index (χ2n) is 7.86. The number of aromatic nitrogens is 2. The fraction of sp³-hybridized carbons (Fsp3) is 0.391. The molecule has 29 heavy (non-hydrogen) atoms. The Hall–Kier alpha value is -2.76. The van der Waals surface area contributed by atoms with Gasteiger partial charge >= 0.3 is 0 Å². The Morgan fingerprint density at radius 2 is 1.93 bits per heavy atom. The van der Waals surface area contributed by atoms with Crippen molar-refractivity contribution in [2.24, 2.45) is 5.92 Å². The van der Waals surface area contributed by atoms with Crippen molar-refractivity contribution in [2.45, 2.75) is 47.2 Å². The molecule has 0 radical (unpaired) electrons. The summed E-state index contributed by atoms with van der Waals surface area (Å²) in [6, 6.07) is 9.08. The summed E-state index contributed by atoms with van der Waals surface area (Å²) in [5.41, 5.74) is 2.25. The van der Waals surface area contributed by atoms with Crippen LogP contribution in [0.1, 0.15) is 48.9 Å². The van der Waals surface area contributed by atoms with Crippen LogP contribution in [-0.2, 0) is 13.1 Å². The molecule has 0 N–H and O–H groups in total. The number of imidazole rings is 1. The lowest BCUT2D eigenvalue weighted by Crippen LogP contribution is -2.34. The van der Waals surface area contributed by atoms with Crippen molar-refractivity contribution in [2.75, 3.05) is 6.54 Å². The summed E-state index contributed by atoms with van der Waals surface area (Å²) >= 11 is 0. The van der Waals surface area contributed by atoms with Gasteiger partial charge in [0.25, 0.3) is 5.91 Å². The van der Waals surface area contributed by atoms with Crippen molar-refractivity contribution in [3.05, 3.63) is 65.0 Å². The van der Waals surface area contributed by atoms with Gasteiger partial charge in [0.1, 0.15) is 17.5 Å². The maximum absolute atomic E-state index is 14.0. The second kappa shape index (κ2) is 8.72. The van der Waals surface area contributed by atoms with Crippen LogP contribution in [0.15, 0.2) is 36.4 Å². The minimum Gasteiger partial charge on any atom is -0.331 e. The predicted molar refractivity (Wildman–Crippen MR) is 111 cm³/mol. The van der Waals surface area contributed by atoms with E-state index in [1.807, 2.05) is 25.3 Å². The summed E-state index contributed by atoms with van der Waals surface area (Å²) in [6.07, 6.45) is 0.857. The molecule has 3 aromatic rings. The third-order valence-electron chi connectivity index (χ3n) is 4.86. The molecule has 1 aromatic heterocycles. The van der Waals surface area contributed by atoms with Crippen LogP contribution in [0, 0.1) is 24.5 Å². The van der Waals surface area contributed by atoms with Crippen LogP contribution >= 0.6 is 0 Å². The van der Waals surface area contributed by atoms with Crippen LogP contribution in [-0.4, -0.2) is 26.9 Å². The summed E-state index contributed by atoms with van der Waals surface area (Å²) < 4.78 is 29.8. The molecule has 0 fully saturated rings. The van der Waals surface area contributed by atoms with E-state index >= 15 is 0 Å². The lowest BCUT2D eigenvalue weighted by atomic mass is 10.1. The van der Waals surface area contributed by atoms with E-state index in [4.69, 9.17) is 0 Å². The molecule has 0 aliphatic rings. The average molecular weight is 399 g/mol. The monoisotopic (exact) mass is 399 g/mol. The molecule has 1 amide bonds. The van der Waals surface area contributed by atoms with Crippen LogP contribution in [0.3, 0.4) is 0 Å². The zero-order valence-corrected chi connectivity index (χ0v) is 17.4. The number of aryl methyl sites for hydroxylation is 2. The molecule has 0 aliphatic heterocycles. The fourth-order valence-corrected chi connectivity index (χ4v) is 3.48. The molecular formula is C23H27F2N3O. The van der Waals surface area contributed by atoms with Crippen LogP contribution < -0.4 is 0 Å². The van der Waals surface area contributed by atoms with E-state index in [2.05, 4.69) is 4.98 Å². The number of amides is 1. The highest BCUT2D eigenvalue weighted by Gasteiger charge is 2.21. The van der Waals surface area contributed by atoms with Gasteiger partial charge in [-0.25, -0.2) is 13.8 Å². The van der Waals surface area contributed by atoms with Crippen molar-refractivity contribution in [3.63, 3.8) is 0 Å². The maximum atomic E-state index is 14.0. The molecule has 0 unspecified atom stereocenters. The molecule has 3 rings (SSSR count). The normalized spacial score (nSPS) is 11.4. The number of halogens is 2. The van der Waals surface area contributed by atoms with Gasteiger partial charge in [-0.15, -0.1) is 0 Å². The molecule has 2 aromatic carbocycles. The fourth-order valence-electron chi connectivity index (χ4n) is 3.48. The van der Waals surface area contributed by atoms with Crippen LogP contribution in [0.4, 0.5) is 8.78 Å². The Kier molecular flexibility index (Phi) is 6.30. The van der Waals surface area contributed by atoms with Crippen molar-refractivity contribution in [3.8, 4) is 0 Å². The number of benzene rings is 2. The van der Waals surface area contributed by atoms with Crippen LogP contribution in [0.5, 0.6) is 0 Å². The first-order chi connectivity index (χ1) is 13.8. The Bertz CT molecular complexity index is 1030. The first kappa shape index (κ1) is 21.0. The van der Waals surface area contributed by atoms with E-state index in [9.17, 15) is 13.6 Å². The van der Waals surface area contributed by atoms with Crippen molar-refractivity contribution < 1.29 is 13.6 Å². The smallest absolute Gasteiger partial charge is 0.254 e. The van der Waals surface area contributed by atoms with Gasteiger partial charge in [-0.05, 0) is 55.2 Å². The van der Waals surface area contributed by atoms with E-state index in [0.29, 0.717) is 35.6 Å². The summed E-state index contributed by atoms with van der Waals surface area (Å²) in [6.45, 7) is 9.24. The molecule has 0 saturated carbocycles. The summed E-state index contributed by atoms with van der Waals surface area (Å²) in [7, 11) is 0. The number of nitrogens with zero attached hydrogens (tertiary/aromatic N) is 3. The molecule has 0 aliphatic carbocycles. The lowest BCUT2D eigenvalue weighted by Gasteiger charge is -2.25. The number of fused-ring (bicyclic) bond motifs is 1. The van der Waals surface area contributed by atoms with Crippen LogP contribution in [0.25, 0.3) is 11.0 Å². The van der Waals surface area contributed by atoms with Crippen molar-refractivity contribution in [1.29, 1.82) is 0 Å². The topological polar surface area (TPSA) is 38.1 Å². The van der Waals surface area contributed by atoms with Crippen LogP contribution in [0.2, 0.25) is 0 Å². The molecular weight excluding hydrogens is 372 g/mol. The largest absolute Gasteiger partial charge is 0.331 e. The van der Waals surface area contributed by atoms with E-state index in [1.54, 1.807) is 30.0 Å². The van der Waals surface area contributed by atoms with E-state index in [1.165, 1.54) is 18.2 Å². The Balaban J connectivity index is 1.99. The third-order valence-corrected chi connectivity index (χ3v) is 4.86. The van der Waals surface area contributed by atoms with E-state index in [-0.39, 0.29) is 24.2 Å². The number of carbonyl (C=O) groups excluding carboxylic acids is 1. The molecule has 0 atom stereocenters. The average Bonchev–Trinajstić information content (AvgIpc) is 2.99. The second-order valence-corrected chi connectivity index (χ2v) is 7.86. The van der Waals surface area contributed by atoms with Gasteiger partial charge in [0, 0.05) is 18.7 Å². The van der Waals surface area contributed by atoms with Gasteiger partial charge in [0.15, 0.2) is 0 Å². The first-order valence-corrected chi connectivity index (χ1v) is 10.00. The number of hydrogen-bond acceptors (Lipinski definition) is 2. The standard InChI is InChI=1S/C23H27F2N3O/c1-5-10-28-21-12-18(24)8-9-20(21)26-22(28)14-27(13-15(2)3)23(29)17-7-6-16(4)19(25)11-17/h6-9,11-12,15H,5,10,13-14H2,1-4H3. The summed E-state index contributed by atoms with van der Waals surface area (Å²) in [5.74, 6) is -0.01000. The van der Waals surface area contributed by atoms with Gasteiger partial charge in [0.2, 0.25) is 0 Å². The minimum atomic E-state index is -0.394. The van der Waals surface area contributed by atoms with Crippen molar-refractivity contribution >= 4 is 16.9 Å². The molecule has 0 saturated heterocycles. The number of carbonyl (C=O) groups is 1. The number of rotatable bonds is 7. The zero-order valence-electron chi connectivity index (χ0n) is 17.4. The molecule has 0 bridgehead atoms. The molecule has 0 spiro atoms. The zero-order chi connectivity index (χ0) is 21.1. The SMILES string of the molecule is CCCn1c(CN(CC(C)C)C(=O)c2ccc(C)c(F)c2)nc2ccc(F)cc21. The van der Waals surface area contributed by atoms with Gasteiger partial charge in [0.05, 0.1) is 17.6 Å². The number of hydrogen-bond donors (Lipinski definition) is 0. The molecule has 1 heterocycles.